The highest BCUT2D eigenvalue weighted by Crippen LogP contribution is 2.22. The lowest BCUT2D eigenvalue weighted by molar-refractivity contribution is 0.0601. The largest absolute Gasteiger partial charge is 0.497 e. The van der Waals surface area contributed by atoms with Crippen LogP contribution < -0.4 is 4.74 Å². The number of aromatic nitrogens is 1. The number of aliphatic imine (C=N–C) groups is 1. The molecule has 27 heavy (non-hydrogen) atoms. The van der Waals surface area contributed by atoms with Crippen LogP contribution in [0.1, 0.15) is 27.2 Å². The highest BCUT2D eigenvalue weighted by atomic mass is 16.5. The molecule has 0 aliphatic carbocycles. The standard InChI is InChI=1S/C22H22N2O3/c1-15-5-6-18(22(25)27-4)12-21(15)23-13-17-11-16(2)24(14-17)19-7-9-20(26-3)10-8-19/h5-14H,1-4H3. The second kappa shape index (κ2) is 7.91. The van der Waals surface area contributed by atoms with Crippen molar-refractivity contribution in [2.75, 3.05) is 14.2 Å². The molecule has 0 radical (unpaired) electrons. The van der Waals surface area contributed by atoms with Crippen molar-refractivity contribution in [2.24, 2.45) is 4.99 Å². The van der Waals surface area contributed by atoms with E-state index in [0.717, 1.165) is 33.9 Å². The Bertz CT molecular complexity index is 985. The highest BCUT2D eigenvalue weighted by molar-refractivity contribution is 5.91. The Labute approximate surface area is 158 Å². The predicted octanol–water partition coefficient (Wildman–Crippen LogP) is 4.64. The van der Waals surface area contributed by atoms with Gasteiger partial charge in [-0.25, -0.2) is 4.79 Å². The maximum absolute atomic E-state index is 11.7. The Hall–Kier alpha value is -3.34. The molecular weight excluding hydrogens is 340 g/mol. The summed E-state index contributed by atoms with van der Waals surface area (Å²) in [7, 11) is 3.03. The summed E-state index contributed by atoms with van der Waals surface area (Å²) in [5.74, 6) is 0.458. The van der Waals surface area contributed by atoms with E-state index in [-0.39, 0.29) is 5.97 Å². The molecule has 0 N–H and O–H groups in total. The molecule has 0 aliphatic rings. The van der Waals surface area contributed by atoms with Gasteiger partial charge in [0.1, 0.15) is 5.75 Å². The number of hydrogen-bond acceptors (Lipinski definition) is 4. The van der Waals surface area contributed by atoms with E-state index in [0.29, 0.717) is 5.56 Å². The van der Waals surface area contributed by atoms with Crippen LogP contribution in [0.25, 0.3) is 5.69 Å². The lowest BCUT2D eigenvalue weighted by atomic mass is 10.1. The molecule has 3 aromatic rings. The maximum atomic E-state index is 11.7. The van der Waals surface area contributed by atoms with E-state index in [9.17, 15) is 4.79 Å². The number of rotatable bonds is 5. The molecule has 0 spiro atoms. The van der Waals surface area contributed by atoms with Gasteiger partial charge in [0, 0.05) is 29.4 Å². The molecule has 0 saturated heterocycles. The molecule has 5 heteroatoms. The quantitative estimate of drug-likeness (QED) is 0.491. The van der Waals surface area contributed by atoms with Gasteiger partial charge in [0.25, 0.3) is 0 Å². The monoisotopic (exact) mass is 362 g/mol. The Balaban J connectivity index is 1.87. The highest BCUT2D eigenvalue weighted by Gasteiger charge is 2.08. The number of aryl methyl sites for hydroxylation is 2. The number of carbonyl (C=O) groups excluding carboxylic acids is 1. The molecule has 0 atom stereocenters. The molecule has 138 valence electrons. The zero-order chi connectivity index (χ0) is 19.4. The van der Waals surface area contributed by atoms with Crippen molar-refractivity contribution in [1.29, 1.82) is 0 Å². The summed E-state index contributed by atoms with van der Waals surface area (Å²) in [4.78, 5) is 16.3. The van der Waals surface area contributed by atoms with Gasteiger partial charge in [-0.2, -0.15) is 0 Å². The fourth-order valence-electron chi connectivity index (χ4n) is 2.83. The first-order valence-corrected chi connectivity index (χ1v) is 8.58. The van der Waals surface area contributed by atoms with Crippen molar-refractivity contribution in [3.05, 3.63) is 77.1 Å². The van der Waals surface area contributed by atoms with Crippen molar-refractivity contribution in [3.8, 4) is 11.4 Å². The first kappa shape index (κ1) is 18.5. The molecule has 1 heterocycles. The molecule has 1 aromatic heterocycles. The predicted molar refractivity (Wildman–Crippen MR) is 107 cm³/mol. The molecule has 3 rings (SSSR count). The summed E-state index contributed by atoms with van der Waals surface area (Å²) in [6.45, 7) is 4.01. The minimum atomic E-state index is -0.368. The smallest absolute Gasteiger partial charge is 0.337 e. The van der Waals surface area contributed by atoms with Crippen molar-refractivity contribution in [2.45, 2.75) is 13.8 Å². The Morgan fingerprint density at radius 2 is 1.78 bits per heavy atom. The van der Waals surface area contributed by atoms with Crippen LogP contribution >= 0.6 is 0 Å². The van der Waals surface area contributed by atoms with Gasteiger partial charge >= 0.3 is 5.97 Å². The van der Waals surface area contributed by atoms with Crippen LogP contribution in [0, 0.1) is 13.8 Å². The van der Waals surface area contributed by atoms with Crippen molar-refractivity contribution in [3.63, 3.8) is 0 Å². The summed E-state index contributed by atoms with van der Waals surface area (Å²) in [5, 5.41) is 0. The van der Waals surface area contributed by atoms with Gasteiger partial charge in [-0.15, -0.1) is 0 Å². The van der Waals surface area contributed by atoms with Crippen molar-refractivity contribution in [1.82, 2.24) is 4.57 Å². The first-order chi connectivity index (χ1) is 13.0. The van der Waals surface area contributed by atoms with Gasteiger partial charge in [0.2, 0.25) is 0 Å². The topological polar surface area (TPSA) is 52.8 Å². The van der Waals surface area contributed by atoms with Gasteiger partial charge in [-0.05, 0) is 61.9 Å². The fraction of sp³-hybridized carbons (Fsp3) is 0.182. The molecule has 5 nitrogen and oxygen atoms in total. The van der Waals surface area contributed by atoms with E-state index >= 15 is 0 Å². The Morgan fingerprint density at radius 3 is 2.44 bits per heavy atom. The normalized spacial score (nSPS) is 11.0. The minimum Gasteiger partial charge on any atom is -0.497 e. The van der Waals surface area contributed by atoms with Crippen molar-refractivity contribution >= 4 is 17.9 Å². The van der Waals surface area contributed by atoms with Crippen molar-refractivity contribution < 1.29 is 14.3 Å². The summed E-state index contributed by atoms with van der Waals surface area (Å²) in [5.41, 5.74) is 5.35. The zero-order valence-corrected chi connectivity index (χ0v) is 15.9. The lowest BCUT2D eigenvalue weighted by Gasteiger charge is -2.06. The molecular formula is C22H22N2O3. The van der Waals surface area contributed by atoms with Crippen LogP contribution in [-0.2, 0) is 4.74 Å². The number of hydrogen-bond donors (Lipinski definition) is 0. The fourth-order valence-corrected chi connectivity index (χ4v) is 2.83. The maximum Gasteiger partial charge on any atom is 0.337 e. The molecule has 0 unspecified atom stereocenters. The molecule has 0 amide bonds. The third-order valence-electron chi connectivity index (χ3n) is 4.37. The Kier molecular flexibility index (Phi) is 5.41. The summed E-state index contributed by atoms with van der Waals surface area (Å²) in [6, 6.07) is 15.3. The second-order valence-electron chi connectivity index (χ2n) is 6.23. The van der Waals surface area contributed by atoms with Gasteiger partial charge in [-0.3, -0.25) is 4.99 Å². The van der Waals surface area contributed by atoms with Gasteiger partial charge < -0.3 is 14.0 Å². The van der Waals surface area contributed by atoms with Crippen LogP contribution in [-0.4, -0.2) is 31.0 Å². The van der Waals surface area contributed by atoms with Gasteiger partial charge in [0.15, 0.2) is 0 Å². The van der Waals surface area contributed by atoms with E-state index in [1.54, 1.807) is 25.5 Å². The van der Waals surface area contributed by atoms with Crippen LogP contribution in [0.3, 0.4) is 0 Å². The van der Waals surface area contributed by atoms with E-state index in [2.05, 4.69) is 15.6 Å². The number of nitrogens with zero attached hydrogens (tertiary/aromatic N) is 2. The van der Waals surface area contributed by atoms with Crippen LogP contribution in [0.5, 0.6) is 5.75 Å². The van der Waals surface area contributed by atoms with E-state index in [4.69, 9.17) is 9.47 Å². The third-order valence-corrected chi connectivity index (χ3v) is 4.37. The summed E-state index contributed by atoms with van der Waals surface area (Å²) >= 11 is 0. The SMILES string of the molecule is COC(=O)c1ccc(C)c(N=Cc2cc(C)n(-c3ccc(OC)cc3)c2)c1. The Morgan fingerprint density at radius 1 is 1.04 bits per heavy atom. The second-order valence-corrected chi connectivity index (χ2v) is 6.23. The number of ether oxygens (including phenoxy) is 2. The van der Waals surface area contributed by atoms with Crippen LogP contribution in [0.4, 0.5) is 5.69 Å². The molecule has 0 bridgehead atoms. The molecule has 2 aromatic carbocycles. The summed E-state index contributed by atoms with van der Waals surface area (Å²) < 4.78 is 12.1. The van der Waals surface area contributed by atoms with E-state index in [1.165, 1.54) is 7.11 Å². The van der Waals surface area contributed by atoms with Gasteiger partial charge in [0.05, 0.1) is 25.5 Å². The van der Waals surface area contributed by atoms with Gasteiger partial charge in [-0.1, -0.05) is 6.07 Å². The van der Waals surface area contributed by atoms with E-state index < -0.39 is 0 Å². The average Bonchev–Trinajstić information content (AvgIpc) is 3.07. The van der Waals surface area contributed by atoms with E-state index in [1.807, 2.05) is 50.4 Å². The molecule has 0 fully saturated rings. The van der Waals surface area contributed by atoms with Crippen LogP contribution in [0.15, 0.2) is 59.7 Å². The lowest BCUT2D eigenvalue weighted by Crippen LogP contribution is -2.00. The first-order valence-electron chi connectivity index (χ1n) is 8.58. The number of methoxy groups -OCH3 is 2. The summed E-state index contributed by atoms with van der Waals surface area (Å²) in [6.07, 6.45) is 3.83. The average molecular weight is 362 g/mol. The molecule has 0 saturated carbocycles. The number of esters is 1. The number of carbonyl (C=O) groups is 1. The number of benzene rings is 2. The van der Waals surface area contributed by atoms with Crippen LogP contribution in [0.2, 0.25) is 0 Å². The minimum absolute atomic E-state index is 0.368. The molecule has 0 aliphatic heterocycles. The zero-order valence-electron chi connectivity index (χ0n) is 15.9. The third kappa shape index (κ3) is 4.08.